The van der Waals surface area contributed by atoms with Gasteiger partial charge in [0.05, 0.1) is 11.2 Å². The summed E-state index contributed by atoms with van der Waals surface area (Å²) >= 11 is 1.43. The monoisotopic (exact) mass is 196 g/mol. The summed E-state index contributed by atoms with van der Waals surface area (Å²) in [4.78, 5) is 17.7. The van der Waals surface area contributed by atoms with E-state index in [0.29, 0.717) is 0 Å². The van der Waals surface area contributed by atoms with Crippen molar-refractivity contribution in [2.45, 2.75) is 6.92 Å². The fraction of sp³-hybridized carbons (Fsp3) is 0.333. The summed E-state index contributed by atoms with van der Waals surface area (Å²) in [6.07, 6.45) is 1.52. The minimum absolute atomic E-state index is 0.166. The second-order valence-electron chi connectivity index (χ2n) is 2.95. The zero-order chi connectivity index (χ0) is 9.84. The normalized spacial score (nSPS) is 10.7. The molecule has 0 saturated carbocycles. The Bertz CT molecular complexity index is 328. The van der Waals surface area contributed by atoms with E-state index in [9.17, 15) is 4.79 Å². The lowest BCUT2D eigenvalue weighted by Gasteiger charge is -2.00. The summed E-state index contributed by atoms with van der Waals surface area (Å²) in [6, 6.07) is 1.92. The maximum absolute atomic E-state index is 11.4. The molecule has 0 spiro atoms. The maximum Gasteiger partial charge on any atom is 0.288 e. The van der Waals surface area contributed by atoms with Gasteiger partial charge in [0.2, 0.25) is 0 Å². The Hall–Kier alpha value is -1.16. The zero-order valence-electron chi connectivity index (χ0n) is 7.94. The summed E-state index contributed by atoms with van der Waals surface area (Å²) in [6.45, 7) is 1.91. The molecule has 0 aliphatic heterocycles. The summed E-state index contributed by atoms with van der Waals surface area (Å²) < 4.78 is 0. The van der Waals surface area contributed by atoms with Crippen molar-refractivity contribution < 1.29 is 4.79 Å². The van der Waals surface area contributed by atoms with Crippen LogP contribution >= 0.6 is 11.3 Å². The van der Waals surface area contributed by atoms with Crippen molar-refractivity contribution in [1.29, 1.82) is 0 Å². The molecule has 1 amide bonds. The van der Waals surface area contributed by atoms with Crippen molar-refractivity contribution >= 4 is 23.6 Å². The van der Waals surface area contributed by atoms with E-state index in [2.05, 4.69) is 4.99 Å². The van der Waals surface area contributed by atoms with E-state index in [0.717, 1.165) is 10.4 Å². The second kappa shape index (κ2) is 4.18. The number of hydrogen-bond acceptors (Lipinski definition) is 2. The van der Waals surface area contributed by atoms with Crippen LogP contribution in [-0.4, -0.2) is 31.2 Å². The molecule has 3 nitrogen and oxygen atoms in total. The van der Waals surface area contributed by atoms with Crippen molar-refractivity contribution in [3.05, 3.63) is 21.9 Å². The molecule has 1 aromatic rings. The summed E-state index contributed by atoms with van der Waals surface area (Å²) in [5.41, 5.74) is 0.992. The van der Waals surface area contributed by atoms with E-state index >= 15 is 0 Å². The van der Waals surface area contributed by atoms with Crippen LogP contribution in [0.25, 0.3) is 0 Å². The molecule has 1 aromatic heterocycles. The Morgan fingerprint density at radius 1 is 1.62 bits per heavy atom. The highest BCUT2D eigenvalue weighted by Gasteiger charge is 2.07. The van der Waals surface area contributed by atoms with Gasteiger partial charge in [0.25, 0.3) is 5.91 Å². The van der Waals surface area contributed by atoms with Crippen molar-refractivity contribution in [1.82, 2.24) is 4.90 Å². The summed E-state index contributed by atoms with van der Waals surface area (Å²) in [5.74, 6) is -0.166. The molecule has 1 heterocycles. The molecule has 0 N–H and O–H groups in total. The third-order valence-corrected chi connectivity index (χ3v) is 2.47. The number of thiophene rings is 1. The molecule has 0 aromatic carbocycles. The van der Waals surface area contributed by atoms with Crippen molar-refractivity contribution in [3.8, 4) is 0 Å². The van der Waals surface area contributed by atoms with Crippen LogP contribution in [0.5, 0.6) is 0 Å². The fourth-order valence-corrected chi connectivity index (χ4v) is 1.63. The predicted molar refractivity (Wildman–Crippen MR) is 55.6 cm³/mol. The molecular formula is C9H12N2OS. The van der Waals surface area contributed by atoms with Gasteiger partial charge >= 0.3 is 0 Å². The Balaban J connectivity index is 2.75. The third kappa shape index (κ3) is 2.66. The average Bonchev–Trinajstić information content (AvgIpc) is 2.47. The number of hydrogen-bond donors (Lipinski definition) is 0. The van der Waals surface area contributed by atoms with Gasteiger partial charge in [-0.3, -0.25) is 4.79 Å². The average molecular weight is 196 g/mol. The van der Waals surface area contributed by atoms with Gasteiger partial charge in [-0.1, -0.05) is 0 Å². The Morgan fingerprint density at radius 3 is 2.77 bits per heavy atom. The number of aliphatic imine (C=N–C) groups is 1. The molecule has 13 heavy (non-hydrogen) atoms. The standard InChI is InChI=1S/C9H12N2OS/c1-7-4-5-13-8(7)9(12)10-6-11(2)3/h4-6H,1-3H3/b10-6+. The van der Waals surface area contributed by atoms with Crippen LogP contribution in [0.4, 0.5) is 0 Å². The second-order valence-corrected chi connectivity index (χ2v) is 3.86. The third-order valence-electron chi connectivity index (χ3n) is 1.46. The van der Waals surface area contributed by atoms with Gasteiger partial charge in [0, 0.05) is 14.1 Å². The van der Waals surface area contributed by atoms with Gasteiger partial charge in [-0.2, -0.15) is 4.99 Å². The number of nitrogens with zero attached hydrogens (tertiary/aromatic N) is 2. The van der Waals surface area contributed by atoms with Crippen molar-refractivity contribution in [2.75, 3.05) is 14.1 Å². The molecule has 0 fully saturated rings. The van der Waals surface area contributed by atoms with Gasteiger partial charge in [0.15, 0.2) is 0 Å². The molecule has 0 atom stereocenters. The SMILES string of the molecule is Cc1ccsc1C(=O)/N=C/N(C)C. The van der Waals surface area contributed by atoms with E-state index < -0.39 is 0 Å². The van der Waals surface area contributed by atoms with E-state index in [1.165, 1.54) is 17.7 Å². The molecule has 0 aliphatic rings. The van der Waals surface area contributed by atoms with Gasteiger partial charge in [-0.25, -0.2) is 0 Å². The van der Waals surface area contributed by atoms with E-state index in [1.54, 1.807) is 4.90 Å². The number of carbonyl (C=O) groups excluding carboxylic acids is 1. The minimum atomic E-state index is -0.166. The number of amides is 1. The molecule has 0 bridgehead atoms. The zero-order valence-corrected chi connectivity index (χ0v) is 8.76. The van der Waals surface area contributed by atoms with E-state index in [4.69, 9.17) is 0 Å². The van der Waals surface area contributed by atoms with Gasteiger partial charge < -0.3 is 4.90 Å². The van der Waals surface area contributed by atoms with Crippen LogP contribution in [0.15, 0.2) is 16.4 Å². The molecule has 1 rings (SSSR count). The molecule has 4 heteroatoms. The first kappa shape index (κ1) is 9.92. The first-order valence-electron chi connectivity index (χ1n) is 3.90. The molecular weight excluding hydrogens is 184 g/mol. The first-order valence-corrected chi connectivity index (χ1v) is 4.78. The molecule has 0 unspecified atom stereocenters. The highest BCUT2D eigenvalue weighted by molar-refractivity contribution is 7.12. The highest BCUT2D eigenvalue weighted by Crippen LogP contribution is 2.16. The minimum Gasteiger partial charge on any atom is -0.369 e. The van der Waals surface area contributed by atoms with Crippen LogP contribution in [0, 0.1) is 6.92 Å². The lowest BCUT2D eigenvalue weighted by molar-refractivity contribution is 0.101. The van der Waals surface area contributed by atoms with Crippen LogP contribution < -0.4 is 0 Å². The van der Waals surface area contributed by atoms with Gasteiger partial charge in [-0.05, 0) is 23.9 Å². The number of rotatable bonds is 2. The lowest BCUT2D eigenvalue weighted by atomic mass is 10.3. The molecule has 70 valence electrons. The van der Waals surface area contributed by atoms with E-state index in [-0.39, 0.29) is 5.91 Å². The number of carbonyl (C=O) groups is 1. The molecule has 0 saturated heterocycles. The Morgan fingerprint density at radius 2 is 2.31 bits per heavy atom. The predicted octanol–water partition coefficient (Wildman–Crippen LogP) is 1.79. The first-order chi connectivity index (χ1) is 6.11. The van der Waals surface area contributed by atoms with Crippen LogP contribution in [0.2, 0.25) is 0 Å². The molecule has 0 radical (unpaired) electrons. The smallest absolute Gasteiger partial charge is 0.288 e. The highest BCUT2D eigenvalue weighted by atomic mass is 32.1. The number of aryl methyl sites for hydroxylation is 1. The Kier molecular flexibility index (Phi) is 3.19. The van der Waals surface area contributed by atoms with Crippen molar-refractivity contribution in [2.24, 2.45) is 4.99 Å². The van der Waals surface area contributed by atoms with Crippen LogP contribution in [0.3, 0.4) is 0 Å². The summed E-state index contributed by atoms with van der Waals surface area (Å²) in [7, 11) is 3.66. The van der Waals surface area contributed by atoms with Gasteiger partial charge in [-0.15, -0.1) is 11.3 Å². The quantitative estimate of drug-likeness (QED) is 0.533. The van der Waals surface area contributed by atoms with Gasteiger partial charge in [0.1, 0.15) is 0 Å². The van der Waals surface area contributed by atoms with Crippen LogP contribution in [0.1, 0.15) is 15.2 Å². The fourth-order valence-electron chi connectivity index (χ4n) is 0.818. The summed E-state index contributed by atoms with van der Waals surface area (Å²) in [5, 5.41) is 1.90. The largest absolute Gasteiger partial charge is 0.369 e. The maximum atomic E-state index is 11.4. The lowest BCUT2D eigenvalue weighted by Crippen LogP contribution is -2.09. The van der Waals surface area contributed by atoms with E-state index in [1.807, 2.05) is 32.5 Å². The topological polar surface area (TPSA) is 32.7 Å². The Labute approximate surface area is 81.7 Å². The van der Waals surface area contributed by atoms with Crippen LogP contribution in [-0.2, 0) is 0 Å². The molecule has 0 aliphatic carbocycles. The van der Waals surface area contributed by atoms with Crippen molar-refractivity contribution in [3.63, 3.8) is 0 Å².